The second-order valence-corrected chi connectivity index (χ2v) is 5.09. The molecule has 11 heteroatoms. The number of nitrogens with zero attached hydrogens (tertiary/aromatic N) is 5. The number of esters is 1. The van der Waals surface area contributed by atoms with E-state index in [2.05, 4.69) is 20.3 Å². The van der Waals surface area contributed by atoms with Gasteiger partial charge in [0.05, 0.1) is 17.1 Å². The maximum Gasteiger partial charge on any atom is 0.327 e. The molecule has 2 rings (SSSR count). The number of nitro benzene ring substituents is 1. The lowest BCUT2D eigenvalue weighted by atomic mass is 10.3. The van der Waals surface area contributed by atoms with E-state index in [1.54, 1.807) is 0 Å². The van der Waals surface area contributed by atoms with Crippen molar-refractivity contribution >= 4 is 35.0 Å². The summed E-state index contributed by atoms with van der Waals surface area (Å²) in [6, 6.07) is 4.04. The maximum absolute atomic E-state index is 11.2. The first-order chi connectivity index (χ1) is 10.0. The van der Waals surface area contributed by atoms with E-state index in [1.807, 2.05) is 0 Å². The zero-order valence-corrected chi connectivity index (χ0v) is 12.2. The number of rotatable bonds is 5. The number of non-ortho nitro benzene ring substituents is 1. The van der Waals surface area contributed by atoms with E-state index in [-0.39, 0.29) is 17.3 Å². The number of benzene rings is 1. The number of carbonyl (C=O) groups is 1. The van der Waals surface area contributed by atoms with Crippen LogP contribution >= 0.6 is 23.4 Å². The first kappa shape index (κ1) is 15.2. The van der Waals surface area contributed by atoms with Crippen molar-refractivity contribution in [2.24, 2.45) is 0 Å². The van der Waals surface area contributed by atoms with E-state index >= 15 is 0 Å². The number of halogens is 1. The molecule has 2 aromatic rings. The molecule has 0 aliphatic heterocycles. The second-order valence-electron chi connectivity index (χ2n) is 3.67. The van der Waals surface area contributed by atoms with Crippen molar-refractivity contribution in [2.75, 3.05) is 7.11 Å². The Morgan fingerprint density at radius 2 is 2.33 bits per heavy atom. The molecule has 0 N–H and O–H groups in total. The van der Waals surface area contributed by atoms with Gasteiger partial charge in [0.1, 0.15) is 6.54 Å². The normalized spacial score (nSPS) is 10.4. The Kier molecular flexibility index (Phi) is 4.70. The third-order valence-electron chi connectivity index (χ3n) is 2.33. The van der Waals surface area contributed by atoms with Crippen LogP contribution in [0.3, 0.4) is 0 Å². The van der Waals surface area contributed by atoms with Gasteiger partial charge in [-0.2, -0.15) is 0 Å². The number of aromatic nitrogens is 4. The second kappa shape index (κ2) is 6.50. The van der Waals surface area contributed by atoms with Gasteiger partial charge in [0, 0.05) is 17.0 Å². The molecule has 0 saturated heterocycles. The van der Waals surface area contributed by atoms with Crippen LogP contribution < -0.4 is 0 Å². The molecular weight excluding hydrogens is 322 g/mol. The van der Waals surface area contributed by atoms with Gasteiger partial charge in [-0.25, -0.2) is 4.68 Å². The van der Waals surface area contributed by atoms with Crippen LogP contribution in [0, 0.1) is 10.1 Å². The number of hydrogen-bond donors (Lipinski definition) is 0. The Balaban J connectivity index is 2.21. The van der Waals surface area contributed by atoms with Crippen LogP contribution in [0.25, 0.3) is 0 Å². The third-order valence-corrected chi connectivity index (χ3v) is 3.81. The first-order valence-corrected chi connectivity index (χ1v) is 6.65. The topological polar surface area (TPSA) is 113 Å². The highest BCUT2D eigenvalue weighted by molar-refractivity contribution is 7.99. The van der Waals surface area contributed by atoms with Crippen molar-refractivity contribution in [3.63, 3.8) is 0 Å². The molecule has 0 unspecified atom stereocenters. The van der Waals surface area contributed by atoms with E-state index in [0.717, 1.165) is 11.8 Å². The first-order valence-electron chi connectivity index (χ1n) is 5.46. The van der Waals surface area contributed by atoms with Crippen molar-refractivity contribution in [1.82, 2.24) is 20.2 Å². The van der Waals surface area contributed by atoms with Crippen molar-refractivity contribution in [3.8, 4) is 0 Å². The molecule has 1 aromatic heterocycles. The summed E-state index contributed by atoms with van der Waals surface area (Å²) in [5.74, 6) is -0.501. The van der Waals surface area contributed by atoms with Crippen molar-refractivity contribution in [2.45, 2.75) is 16.6 Å². The number of ether oxygens (including phenoxy) is 1. The lowest BCUT2D eigenvalue weighted by Crippen LogP contribution is -2.13. The van der Waals surface area contributed by atoms with E-state index < -0.39 is 10.9 Å². The number of hydrogen-bond acceptors (Lipinski definition) is 8. The molecule has 0 aliphatic rings. The Morgan fingerprint density at radius 1 is 1.57 bits per heavy atom. The Labute approximate surface area is 127 Å². The molecule has 0 aliphatic carbocycles. The SMILES string of the molecule is COC(=O)Cn1nnnc1Sc1ccc([N+](=O)[O-])cc1Cl. The lowest BCUT2D eigenvalue weighted by molar-refractivity contribution is -0.384. The summed E-state index contributed by atoms with van der Waals surface area (Å²) in [5, 5.41) is 22.0. The molecule has 21 heavy (non-hydrogen) atoms. The molecule has 0 bridgehead atoms. The molecule has 0 fully saturated rings. The summed E-state index contributed by atoms with van der Waals surface area (Å²) in [6.07, 6.45) is 0. The van der Waals surface area contributed by atoms with Crippen LogP contribution in [0.5, 0.6) is 0 Å². The van der Waals surface area contributed by atoms with Crippen LogP contribution in [-0.2, 0) is 16.1 Å². The van der Waals surface area contributed by atoms with Crippen LogP contribution in [0.2, 0.25) is 5.02 Å². The van der Waals surface area contributed by atoms with Crippen molar-refractivity contribution in [3.05, 3.63) is 33.3 Å². The van der Waals surface area contributed by atoms with Gasteiger partial charge in [-0.1, -0.05) is 11.6 Å². The molecular formula is C10H8ClN5O4S. The minimum Gasteiger partial charge on any atom is -0.468 e. The fourth-order valence-electron chi connectivity index (χ4n) is 1.34. The highest BCUT2D eigenvalue weighted by atomic mass is 35.5. The zero-order valence-electron chi connectivity index (χ0n) is 10.6. The Bertz CT molecular complexity index is 692. The van der Waals surface area contributed by atoms with Gasteiger partial charge >= 0.3 is 5.97 Å². The van der Waals surface area contributed by atoms with Gasteiger partial charge in [-0.15, -0.1) is 5.10 Å². The highest BCUT2D eigenvalue weighted by Crippen LogP contribution is 2.34. The average Bonchev–Trinajstić information content (AvgIpc) is 2.87. The van der Waals surface area contributed by atoms with Gasteiger partial charge < -0.3 is 4.74 Å². The molecule has 9 nitrogen and oxygen atoms in total. The molecule has 0 spiro atoms. The molecule has 110 valence electrons. The summed E-state index contributed by atoms with van der Waals surface area (Å²) >= 11 is 7.07. The summed E-state index contributed by atoms with van der Waals surface area (Å²) < 4.78 is 5.77. The summed E-state index contributed by atoms with van der Waals surface area (Å²) in [5.41, 5.74) is -0.112. The predicted molar refractivity (Wildman–Crippen MR) is 72.1 cm³/mol. The van der Waals surface area contributed by atoms with Gasteiger partial charge in [0.2, 0.25) is 5.16 Å². The van der Waals surface area contributed by atoms with Crippen LogP contribution in [-0.4, -0.2) is 38.2 Å². The van der Waals surface area contributed by atoms with E-state index in [0.29, 0.717) is 10.1 Å². The Morgan fingerprint density at radius 3 is 2.95 bits per heavy atom. The largest absolute Gasteiger partial charge is 0.468 e. The van der Waals surface area contributed by atoms with E-state index in [4.69, 9.17) is 11.6 Å². The lowest BCUT2D eigenvalue weighted by Gasteiger charge is -2.04. The van der Waals surface area contributed by atoms with Gasteiger partial charge in [0.25, 0.3) is 5.69 Å². The average molecular weight is 330 g/mol. The summed E-state index contributed by atoms with van der Waals surface area (Å²) in [4.78, 5) is 21.9. The third kappa shape index (κ3) is 3.67. The molecule has 1 aromatic carbocycles. The fraction of sp³-hybridized carbons (Fsp3) is 0.200. The predicted octanol–water partition coefficient (Wildman–Crippen LogP) is 1.56. The monoisotopic (exact) mass is 329 g/mol. The zero-order chi connectivity index (χ0) is 15.4. The highest BCUT2D eigenvalue weighted by Gasteiger charge is 2.15. The number of methoxy groups -OCH3 is 1. The quantitative estimate of drug-likeness (QED) is 0.461. The Hall–Kier alpha value is -2.20. The summed E-state index contributed by atoms with van der Waals surface area (Å²) in [6.45, 7) is -0.142. The standard InChI is InChI=1S/C10H8ClN5O4S/c1-20-9(17)5-15-10(12-13-14-15)21-8-3-2-6(16(18)19)4-7(8)11/h2-4H,5H2,1H3. The molecule has 0 radical (unpaired) electrons. The minimum atomic E-state index is -0.540. The fourth-order valence-corrected chi connectivity index (χ4v) is 2.40. The van der Waals surface area contributed by atoms with Crippen LogP contribution in [0.4, 0.5) is 5.69 Å². The molecule has 0 atom stereocenters. The van der Waals surface area contributed by atoms with Crippen molar-refractivity contribution < 1.29 is 14.5 Å². The number of carbonyl (C=O) groups excluding carboxylic acids is 1. The van der Waals surface area contributed by atoms with Crippen LogP contribution in [0.15, 0.2) is 28.3 Å². The maximum atomic E-state index is 11.2. The number of nitro groups is 1. The van der Waals surface area contributed by atoms with E-state index in [1.165, 1.54) is 30.0 Å². The molecule has 0 saturated carbocycles. The smallest absolute Gasteiger partial charge is 0.327 e. The van der Waals surface area contributed by atoms with Gasteiger partial charge in [-0.05, 0) is 28.3 Å². The minimum absolute atomic E-state index is 0.112. The molecule has 0 amide bonds. The van der Waals surface area contributed by atoms with Gasteiger partial charge in [0.15, 0.2) is 0 Å². The number of tetrazole rings is 1. The van der Waals surface area contributed by atoms with Crippen LogP contribution in [0.1, 0.15) is 0 Å². The van der Waals surface area contributed by atoms with Gasteiger partial charge in [-0.3, -0.25) is 14.9 Å². The summed E-state index contributed by atoms with van der Waals surface area (Å²) in [7, 11) is 1.26. The molecule has 1 heterocycles. The van der Waals surface area contributed by atoms with E-state index in [9.17, 15) is 14.9 Å². The van der Waals surface area contributed by atoms with Crippen molar-refractivity contribution in [1.29, 1.82) is 0 Å².